The number of carboxylic acid groups (broad SMARTS) is 1. The third kappa shape index (κ3) is 2.47. The average molecular weight is 282 g/mol. The van der Waals surface area contributed by atoms with Crippen molar-refractivity contribution < 1.29 is 9.90 Å². The van der Waals surface area contributed by atoms with E-state index < -0.39 is 6.09 Å². The van der Waals surface area contributed by atoms with E-state index in [9.17, 15) is 4.79 Å². The number of amides is 1. The van der Waals surface area contributed by atoms with Crippen LogP contribution in [-0.2, 0) is 0 Å². The van der Waals surface area contributed by atoms with Crippen molar-refractivity contribution in [2.45, 2.75) is 18.9 Å². The van der Waals surface area contributed by atoms with E-state index >= 15 is 0 Å². The van der Waals surface area contributed by atoms with Crippen LogP contribution in [0.2, 0.25) is 5.15 Å². The molecule has 2 N–H and O–H groups in total. The van der Waals surface area contributed by atoms with Gasteiger partial charge in [-0.1, -0.05) is 11.6 Å². The number of anilines is 1. The quantitative estimate of drug-likeness (QED) is 0.816. The molecule has 2 heterocycles. The number of aromatic nitrogens is 1. The van der Waals surface area contributed by atoms with Gasteiger partial charge in [-0.15, -0.1) is 0 Å². The predicted molar refractivity (Wildman–Crippen MR) is 72.6 cm³/mol. The highest BCUT2D eigenvalue weighted by Gasteiger charge is 2.42. The summed E-state index contributed by atoms with van der Waals surface area (Å²) in [5.41, 5.74) is 1.07. The average Bonchev–Trinajstić information content (AvgIpc) is 2.61. The lowest BCUT2D eigenvalue weighted by molar-refractivity contribution is 0.178. The van der Waals surface area contributed by atoms with Crippen LogP contribution in [-0.4, -0.2) is 35.3 Å². The van der Waals surface area contributed by atoms with Crippen LogP contribution in [0, 0.1) is 11.8 Å². The molecule has 1 aromatic heterocycles. The fraction of sp³-hybridized carbons (Fsp3) is 0.538. The zero-order chi connectivity index (χ0) is 13.4. The van der Waals surface area contributed by atoms with E-state index in [0.29, 0.717) is 17.0 Å². The Hall–Kier alpha value is -1.49. The minimum atomic E-state index is -0.915. The summed E-state index contributed by atoms with van der Waals surface area (Å²) in [6.07, 6.45) is 2.97. The van der Waals surface area contributed by atoms with Crippen molar-refractivity contribution in [3.8, 4) is 0 Å². The largest absolute Gasteiger partial charge is 0.465 e. The molecule has 0 spiro atoms. The molecule has 1 aliphatic carbocycles. The number of carbonyl (C=O) groups is 1. The van der Waals surface area contributed by atoms with Gasteiger partial charge in [0.25, 0.3) is 0 Å². The molecule has 1 unspecified atom stereocenters. The number of piperidine rings is 1. The Morgan fingerprint density at radius 1 is 1.42 bits per heavy atom. The summed E-state index contributed by atoms with van der Waals surface area (Å²) in [5, 5.41) is 12.1. The number of rotatable bonds is 2. The van der Waals surface area contributed by atoms with Crippen molar-refractivity contribution in [2.24, 2.45) is 11.8 Å². The van der Waals surface area contributed by atoms with E-state index in [1.807, 2.05) is 12.1 Å². The number of halogens is 1. The van der Waals surface area contributed by atoms with Gasteiger partial charge in [0.05, 0.1) is 0 Å². The molecule has 2 fully saturated rings. The number of hydrogen-bond acceptors (Lipinski definition) is 3. The Morgan fingerprint density at radius 2 is 2.11 bits per heavy atom. The van der Waals surface area contributed by atoms with Crippen molar-refractivity contribution in [3.63, 3.8) is 0 Å². The van der Waals surface area contributed by atoms with Crippen LogP contribution in [0.15, 0.2) is 18.3 Å². The Balaban J connectivity index is 1.75. The number of fused-ring (bicyclic) bond motifs is 2. The van der Waals surface area contributed by atoms with E-state index in [4.69, 9.17) is 16.7 Å². The van der Waals surface area contributed by atoms with Gasteiger partial charge in [-0.2, -0.15) is 0 Å². The summed E-state index contributed by atoms with van der Waals surface area (Å²) in [5.74, 6) is 0.781. The van der Waals surface area contributed by atoms with Crippen LogP contribution in [0.1, 0.15) is 12.8 Å². The van der Waals surface area contributed by atoms with Gasteiger partial charge >= 0.3 is 6.09 Å². The standard InChI is InChI=1S/C13H16ClN3O2/c14-11-5-10(3-4-15-11)17-6-8-1-2-9(7-17)12(8)16-13(18)19/h3-5,8-9,12,16H,1-2,6-7H2,(H,18,19)/t8-,9+,12?. The predicted octanol–water partition coefficient (Wildman–Crippen LogP) is 2.22. The van der Waals surface area contributed by atoms with E-state index in [1.54, 1.807) is 6.20 Å². The maximum atomic E-state index is 10.8. The monoisotopic (exact) mass is 281 g/mol. The molecule has 6 heteroatoms. The van der Waals surface area contributed by atoms with Crippen molar-refractivity contribution in [1.29, 1.82) is 0 Å². The lowest BCUT2D eigenvalue weighted by Crippen LogP contribution is -2.52. The molecule has 1 amide bonds. The Bertz CT molecular complexity index is 483. The minimum absolute atomic E-state index is 0.103. The molecular formula is C13H16ClN3O2. The first-order chi connectivity index (χ1) is 9.13. The lowest BCUT2D eigenvalue weighted by Gasteiger charge is -2.39. The van der Waals surface area contributed by atoms with Gasteiger partial charge in [0.2, 0.25) is 0 Å². The first-order valence-corrected chi connectivity index (χ1v) is 6.87. The van der Waals surface area contributed by atoms with Crippen LogP contribution in [0.5, 0.6) is 0 Å². The molecule has 2 aliphatic rings. The molecule has 19 heavy (non-hydrogen) atoms. The van der Waals surface area contributed by atoms with E-state index in [0.717, 1.165) is 31.6 Å². The highest BCUT2D eigenvalue weighted by molar-refractivity contribution is 6.29. The highest BCUT2D eigenvalue weighted by atomic mass is 35.5. The topological polar surface area (TPSA) is 65.5 Å². The van der Waals surface area contributed by atoms with Crippen molar-refractivity contribution in [3.05, 3.63) is 23.5 Å². The molecule has 3 atom stereocenters. The molecule has 1 aliphatic heterocycles. The van der Waals surface area contributed by atoms with E-state index in [1.165, 1.54) is 0 Å². The molecule has 1 saturated carbocycles. The third-order valence-corrected chi connectivity index (χ3v) is 4.41. The van der Waals surface area contributed by atoms with Gasteiger partial charge in [0.1, 0.15) is 5.15 Å². The van der Waals surface area contributed by atoms with Gasteiger partial charge in [-0.3, -0.25) is 0 Å². The first-order valence-electron chi connectivity index (χ1n) is 6.49. The number of hydrogen-bond donors (Lipinski definition) is 2. The second-order valence-electron chi connectivity index (χ2n) is 5.31. The molecule has 3 rings (SSSR count). The maximum absolute atomic E-state index is 10.8. The van der Waals surface area contributed by atoms with Crippen LogP contribution in [0.4, 0.5) is 10.5 Å². The zero-order valence-corrected chi connectivity index (χ0v) is 11.2. The summed E-state index contributed by atoms with van der Waals surface area (Å²) in [4.78, 5) is 17.1. The van der Waals surface area contributed by atoms with Crippen LogP contribution in [0.3, 0.4) is 0 Å². The Kier molecular flexibility index (Phi) is 3.22. The van der Waals surface area contributed by atoms with Gasteiger partial charge in [0.15, 0.2) is 0 Å². The number of nitrogens with zero attached hydrogens (tertiary/aromatic N) is 2. The van der Waals surface area contributed by atoms with Gasteiger partial charge in [0, 0.05) is 31.0 Å². The Morgan fingerprint density at radius 3 is 2.68 bits per heavy atom. The molecule has 1 saturated heterocycles. The smallest absolute Gasteiger partial charge is 0.404 e. The molecule has 0 aromatic carbocycles. The number of nitrogens with one attached hydrogen (secondary N) is 1. The molecular weight excluding hydrogens is 266 g/mol. The summed E-state index contributed by atoms with van der Waals surface area (Å²) in [6.45, 7) is 1.75. The summed E-state index contributed by atoms with van der Waals surface area (Å²) in [7, 11) is 0. The zero-order valence-electron chi connectivity index (χ0n) is 10.4. The Labute approximate surface area is 116 Å². The minimum Gasteiger partial charge on any atom is -0.465 e. The van der Waals surface area contributed by atoms with Gasteiger partial charge < -0.3 is 15.3 Å². The fourth-order valence-electron chi connectivity index (χ4n) is 3.40. The fourth-order valence-corrected chi connectivity index (χ4v) is 3.57. The molecule has 0 radical (unpaired) electrons. The van der Waals surface area contributed by atoms with E-state index in [2.05, 4.69) is 15.2 Å². The second kappa shape index (κ2) is 4.89. The van der Waals surface area contributed by atoms with Crippen LogP contribution >= 0.6 is 11.6 Å². The molecule has 2 bridgehead atoms. The first kappa shape index (κ1) is 12.5. The van der Waals surface area contributed by atoms with Gasteiger partial charge in [-0.05, 0) is 36.8 Å². The highest BCUT2D eigenvalue weighted by Crippen LogP contribution is 2.38. The summed E-state index contributed by atoms with van der Waals surface area (Å²) >= 11 is 5.92. The van der Waals surface area contributed by atoms with E-state index in [-0.39, 0.29) is 6.04 Å². The number of pyridine rings is 1. The molecule has 5 nitrogen and oxygen atoms in total. The lowest BCUT2D eigenvalue weighted by atomic mass is 9.92. The summed E-state index contributed by atoms with van der Waals surface area (Å²) in [6, 6.07) is 3.92. The SMILES string of the molecule is O=C(O)NC1[C@@H]2CC[C@H]1CN(c1ccnc(Cl)c1)C2. The van der Waals surface area contributed by atoms with Crippen molar-refractivity contribution in [1.82, 2.24) is 10.3 Å². The maximum Gasteiger partial charge on any atom is 0.404 e. The van der Waals surface area contributed by atoms with Crippen LogP contribution in [0.25, 0.3) is 0 Å². The van der Waals surface area contributed by atoms with Crippen LogP contribution < -0.4 is 10.2 Å². The second-order valence-corrected chi connectivity index (χ2v) is 5.70. The summed E-state index contributed by atoms with van der Waals surface area (Å²) < 4.78 is 0. The van der Waals surface area contributed by atoms with Gasteiger partial charge in [-0.25, -0.2) is 9.78 Å². The van der Waals surface area contributed by atoms with Crippen molar-refractivity contribution in [2.75, 3.05) is 18.0 Å². The molecule has 102 valence electrons. The van der Waals surface area contributed by atoms with Crippen molar-refractivity contribution >= 4 is 23.4 Å². The third-order valence-electron chi connectivity index (χ3n) is 4.20. The normalized spacial score (nSPS) is 29.3. The molecule has 1 aromatic rings.